The van der Waals surface area contributed by atoms with E-state index < -0.39 is 29.6 Å². The molecule has 1 atom stereocenters. The molecule has 0 radical (unpaired) electrons. The lowest BCUT2D eigenvalue weighted by molar-refractivity contribution is -0.124. The summed E-state index contributed by atoms with van der Waals surface area (Å²) in [6.07, 6.45) is 0. The average molecular weight is 417 g/mol. The van der Waals surface area contributed by atoms with E-state index >= 15 is 0 Å². The molecule has 2 rings (SSSR count). The summed E-state index contributed by atoms with van der Waals surface area (Å²) in [5.41, 5.74) is 5.04. The third-order valence-electron chi connectivity index (χ3n) is 4.26. The maximum atomic E-state index is 13.0. The Morgan fingerprint density at radius 1 is 0.833 bits per heavy atom. The molecule has 160 valence electrons. The number of rotatable bonds is 7. The summed E-state index contributed by atoms with van der Waals surface area (Å²) in [6.45, 7) is 3.48. The van der Waals surface area contributed by atoms with Crippen LogP contribution in [-0.4, -0.2) is 38.0 Å². The fourth-order valence-electron chi connectivity index (χ4n) is 2.57. The first-order valence-corrected chi connectivity index (χ1v) is 9.14. The zero-order valence-corrected chi connectivity index (χ0v) is 17.1. The molecule has 2 aromatic carbocycles. The second kappa shape index (κ2) is 10.2. The minimum absolute atomic E-state index is 0.211. The van der Waals surface area contributed by atoms with Gasteiger partial charge in [0.15, 0.2) is 0 Å². The van der Waals surface area contributed by atoms with E-state index in [4.69, 9.17) is 9.47 Å². The summed E-state index contributed by atoms with van der Waals surface area (Å²) >= 11 is 0. The Hall–Kier alpha value is -3.62. The summed E-state index contributed by atoms with van der Waals surface area (Å²) in [6, 6.07) is 8.60. The van der Waals surface area contributed by atoms with Gasteiger partial charge >= 0.3 is 0 Å². The molecule has 3 amide bonds. The minimum Gasteiger partial charge on any atom is -0.497 e. The van der Waals surface area contributed by atoms with E-state index in [1.165, 1.54) is 38.5 Å². The fourth-order valence-corrected chi connectivity index (χ4v) is 2.57. The molecule has 9 heteroatoms. The van der Waals surface area contributed by atoms with Crippen LogP contribution in [0.15, 0.2) is 42.5 Å². The number of hydrazine groups is 1. The first kappa shape index (κ1) is 22.7. The molecule has 0 heterocycles. The molecule has 0 aliphatic carbocycles. The standard InChI is InChI=1S/C21H24FN3O5/c1-12(2)18(23-19(26)13-5-7-15(22)8-6-13)21(28)25-24-20(27)14-9-16(29-3)11-17(10-14)30-4/h5-12,18H,1-4H3,(H,23,26)(H,24,27)(H,25,28). The van der Waals surface area contributed by atoms with Gasteiger partial charge in [0.2, 0.25) is 0 Å². The summed E-state index contributed by atoms with van der Waals surface area (Å²) in [5, 5.41) is 2.59. The van der Waals surface area contributed by atoms with Gasteiger partial charge in [-0.05, 0) is 42.3 Å². The molecule has 0 spiro atoms. The third-order valence-corrected chi connectivity index (χ3v) is 4.26. The van der Waals surface area contributed by atoms with Crippen molar-refractivity contribution >= 4 is 17.7 Å². The van der Waals surface area contributed by atoms with Crippen LogP contribution in [0, 0.1) is 11.7 Å². The van der Waals surface area contributed by atoms with Crippen molar-refractivity contribution < 1.29 is 28.2 Å². The van der Waals surface area contributed by atoms with Crippen molar-refractivity contribution in [2.24, 2.45) is 5.92 Å². The Morgan fingerprint density at radius 2 is 1.40 bits per heavy atom. The first-order chi connectivity index (χ1) is 14.2. The Kier molecular flexibility index (Phi) is 7.74. The van der Waals surface area contributed by atoms with E-state index in [1.807, 2.05) is 0 Å². The van der Waals surface area contributed by atoms with Crippen molar-refractivity contribution in [1.29, 1.82) is 0 Å². The van der Waals surface area contributed by atoms with Gasteiger partial charge in [-0.3, -0.25) is 25.2 Å². The maximum Gasteiger partial charge on any atom is 0.269 e. The number of ether oxygens (including phenoxy) is 2. The average Bonchev–Trinajstić information content (AvgIpc) is 2.75. The second-order valence-corrected chi connectivity index (χ2v) is 6.75. The number of nitrogens with one attached hydrogen (secondary N) is 3. The van der Waals surface area contributed by atoms with E-state index in [-0.39, 0.29) is 17.0 Å². The predicted octanol–water partition coefficient (Wildman–Crippen LogP) is 2.06. The Morgan fingerprint density at radius 3 is 1.90 bits per heavy atom. The molecule has 0 fully saturated rings. The summed E-state index contributed by atoms with van der Waals surface area (Å²) < 4.78 is 23.3. The first-order valence-electron chi connectivity index (χ1n) is 9.14. The van der Waals surface area contributed by atoms with Gasteiger partial charge in [0.1, 0.15) is 23.4 Å². The lowest BCUT2D eigenvalue weighted by Gasteiger charge is -2.22. The Labute approximate surface area is 173 Å². The molecule has 0 aromatic heterocycles. The summed E-state index contributed by atoms with van der Waals surface area (Å²) in [7, 11) is 2.91. The van der Waals surface area contributed by atoms with Crippen molar-refractivity contribution in [2.45, 2.75) is 19.9 Å². The van der Waals surface area contributed by atoms with Gasteiger partial charge in [-0.2, -0.15) is 0 Å². The van der Waals surface area contributed by atoms with Crippen molar-refractivity contribution in [3.8, 4) is 11.5 Å². The molecule has 0 saturated carbocycles. The zero-order chi connectivity index (χ0) is 22.3. The van der Waals surface area contributed by atoms with Crippen LogP contribution in [0.1, 0.15) is 34.6 Å². The molecule has 0 bridgehead atoms. The van der Waals surface area contributed by atoms with E-state index in [2.05, 4.69) is 16.2 Å². The Bertz CT molecular complexity index is 893. The van der Waals surface area contributed by atoms with Crippen molar-refractivity contribution in [3.05, 3.63) is 59.4 Å². The second-order valence-electron chi connectivity index (χ2n) is 6.75. The SMILES string of the molecule is COc1cc(OC)cc(C(=O)NNC(=O)C(NC(=O)c2ccc(F)cc2)C(C)C)c1. The molecule has 3 N–H and O–H groups in total. The Balaban J connectivity index is 2.03. The van der Waals surface area contributed by atoms with Gasteiger partial charge in [-0.25, -0.2) is 4.39 Å². The molecule has 0 saturated heterocycles. The van der Waals surface area contributed by atoms with Gasteiger partial charge in [0.25, 0.3) is 17.7 Å². The molecular formula is C21H24FN3O5. The topological polar surface area (TPSA) is 106 Å². The quantitative estimate of drug-likeness (QED) is 0.598. The van der Waals surface area contributed by atoms with Crippen molar-refractivity contribution in [1.82, 2.24) is 16.2 Å². The van der Waals surface area contributed by atoms with Crippen LogP contribution in [0.25, 0.3) is 0 Å². The molecular weight excluding hydrogens is 393 g/mol. The van der Waals surface area contributed by atoms with Crippen LogP contribution in [-0.2, 0) is 4.79 Å². The van der Waals surface area contributed by atoms with E-state index in [9.17, 15) is 18.8 Å². The highest BCUT2D eigenvalue weighted by molar-refractivity contribution is 5.99. The van der Waals surface area contributed by atoms with Gasteiger partial charge < -0.3 is 14.8 Å². The maximum absolute atomic E-state index is 13.0. The largest absolute Gasteiger partial charge is 0.497 e. The lowest BCUT2D eigenvalue weighted by Crippen LogP contribution is -2.54. The number of halogens is 1. The third kappa shape index (κ3) is 5.94. The minimum atomic E-state index is -0.928. The molecule has 8 nitrogen and oxygen atoms in total. The van der Waals surface area contributed by atoms with E-state index in [0.717, 1.165) is 12.1 Å². The van der Waals surface area contributed by atoms with Crippen molar-refractivity contribution in [2.75, 3.05) is 14.2 Å². The van der Waals surface area contributed by atoms with Crippen LogP contribution in [0.4, 0.5) is 4.39 Å². The van der Waals surface area contributed by atoms with Crippen LogP contribution < -0.4 is 25.6 Å². The van der Waals surface area contributed by atoms with Gasteiger partial charge in [0.05, 0.1) is 14.2 Å². The summed E-state index contributed by atoms with van der Waals surface area (Å²) in [5.74, 6) is -1.65. The number of amides is 3. The number of hydrogen-bond acceptors (Lipinski definition) is 5. The van der Waals surface area contributed by atoms with Crippen LogP contribution >= 0.6 is 0 Å². The molecule has 30 heavy (non-hydrogen) atoms. The number of methoxy groups -OCH3 is 2. The van der Waals surface area contributed by atoms with Crippen LogP contribution in [0.2, 0.25) is 0 Å². The van der Waals surface area contributed by atoms with Gasteiger partial charge in [0, 0.05) is 17.2 Å². The highest BCUT2D eigenvalue weighted by Gasteiger charge is 2.25. The van der Waals surface area contributed by atoms with Crippen molar-refractivity contribution in [3.63, 3.8) is 0 Å². The van der Waals surface area contributed by atoms with E-state index in [1.54, 1.807) is 19.9 Å². The molecule has 0 aliphatic heterocycles. The smallest absolute Gasteiger partial charge is 0.269 e. The fraction of sp³-hybridized carbons (Fsp3) is 0.286. The summed E-state index contributed by atoms with van der Waals surface area (Å²) in [4.78, 5) is 37.3. The highest BCUT2D eigenvalue weighted by atomic mass is 19.1. The zero-order valence-electron chi connectivity index (χ0n) is 17.1. The monoisotopic (exact) mass is 417 g/mol. The predicted molar refractivity (Wildman–Crippen MR) is 108 cm³/mol. The van der Waals surface area contributed by atoms with Gasteiger partial charge in [-0.15, -0.1) is 0 Å². The lowest BCUT2D eigenvalue weighted by atomic mass is 10.0. The number of carbonyl (C=O) groups is 3. The molecule has 2 aromatic rings. The highest BCUT2D eigenvalue weighted by Crippen LogP contribution is 2.22. The van der Waals surface area contributed by atoms with Crippen LogP contribution in [0.5, 0.6) is 11.5 Å². The number of carbonyl (C=O) groups excluding carboxylic acids is 3. The molecule has 1 unspecified atom stereocenters. The molecule has 0 aliphatic rings. The van der Waals surface area contributed by atoms with Crippen LogP contribution in [0.3, 0.4) is 0 Å². The normalized spacial score (nSPS) is 11.4. The van der Waals surface area contributed by atoms with Gasteiger partial charge in [-0.1, -0.05) is 13.8 Å². The van der Waals surface area contributed by atoms with E-state index in [0.29, 0.717) is 11.5 Å². The number of benzene rings is 2. The number of hydrogen-bond donors (Lipinski definition) is 3.